The van der Waals surface area contributed by atoms with Gasteiger partial charge >= 0.3 is 0 Å². The Hall–Kier alpha value is -0.380. The van der Waals surface area contributed by atoms with Crippen LogP contribution in [0.1, 0.15) is 18.9 Å². The summed E-state index contributed by atoms with van der Waals surface area (Å²) >= 11 is 1.59. The van der Waals surface area contributed by atoms with Gasteiger partial charge in [0.05, 0.1) is 5.60 Å². The minimum Gasteiger partial charge on any atom is -0.385 e. The van der Waals surface area contributed by atoms with Gasteiger partial charge in [0, 0.05) is 0 Å². The summed E-state index contributed by atoms with van der Waals surface area (Å²) in [6.07, 6.45) is 0.615. The molecule has 0 aliphatic carbocycles. The Morgan fingerprint density at radius 2 is 2.45 bits per heavy atom. The largest absolute Gasteiger partial charge is 0.385 e. The Morgan fingerprint density at radius 1 is 1.73 bits per heavy atom. The molecular formula is C8H13NOS. The topological polar surface area (TPSA) is 46.2 Å². The van der Waals surface area contributed by atoms with Crippen LogP contribution in [-0.2, 0) is 5.60 Å². The zero-order valence-electron chi connectivity index (χ0n) is 6.58. The van der Waals surface area contributed by atoms with E-state index in [9.17, 15) is 5.11 Å². The van der Waals surface area contributed by atoms with Crippen molar-refractivity contribution in [1.82, 2.24) is 0 Å². The van der Waals surface area contributed by atoms with Crippen LogP contribution in [0.3, 0.4) is 0 Å². The molecule has 1 atom stereocenters. The molecule has 0 saturated carbocycles. The van der Waals surface area contributed by atoms with Crippen LogP contribution in [-0.4, -0.2) is 11.7 Å². The molecule has 0 amide bonds. The molecular weight excluding hydrogens is 158 g/mol. The van der Waals surface area contributed by atoms with Gasteiger partial charge in [-0.2, -0.15) is 11.3 Å². The van der Waals surface area contributed by atoms with Gasteiger partial charge < -0.3 is 10.8 Å². The number of hydrogen-bond donors (Lipinski definition) is 2. The fourth-order valence-corrected chi connectivity index (χ4v) is 1.78. The third-order valence-corrected chi connectivity index (χ3v) is 2.46. The van der Waals surface area contributed by atoms with E-state index in [1.165, 1.54) is 0 Å². The summed E-state index contributed by atoms with van der Waals surface area (Å²) in [4.78, 5) is 0. The standard InChI is InChI=1S/C8H13NOS/c1-8(10,3-4-9)7-2-5-11-6-7/h2,5-6,10H,3-4,9H2,1H3. The number of hydrogen-bond acceptors (Lipinski definition) is 3. The molecule has 0 aromatic carbocycles. The van der Waals surface area contributed by atoms with Crippen LogP contribution >= 0.6 is 11.3 Å². The molecule has 1 heterocycles. The highest BCUT2D eigenvalue weighted by Crippen LogP contribution is 2.25. The van der Waals surface area contributed by atoms with Crippen molar-refractivity contribution in [3.05, 3.63) is 22.4 Å². The summed E-state index contributed by atoms with van der Waals surface area (Å²) in [6, 6.07) is 1.93. The van der Waals surface area contributed by atoms with Crippen molar-refractivity contribution >= 4 is 11.3 Å². The SMILES string of the molecule is CC(O)(CCN)c1ccsc1. The molecule has 0 fully saturated rings. The molecule has 1 rings (SSSR count). The smallest absolute Gasteiger partial charge is 0.0888 e. The quantitative estimate of drug-likeness (QED) is 0.720. The molecule has 3 heteroatoms. The van der Waals surface area contributed by atoms with E-state index in [1.807, 2.05) is 16.8 Å². The molecule has 1 unspecified atom stereocenters. The summed E-state index contributed by atoms with van der Waals surface area (Å²) in [5.74, 6) is 0. The van der Waals surface area contributed by atoms with Crippen molar-refractivity contribution in [1.29, 1.82) is 0 Å². The van der Waals surface area contributed by atoms with Gasteiger partial charge in [0.15, 0.2) is 0 Å². The van der Waals surface area contributed by atoms with Gasteiger partial charge in [-0.15, -0.1) is 0 Å². The molecule has 0 aliphatic rings. The van der Waals surface area contributed by atoms with Gasteiger partial charge in [-0.25, -0.2) is 0 Å². The summed E-state index contributed by atoms with van der Waals surface area (Å²) < 4.78 is 0. The molecule has 1 aromatic heterocycles. The van der Waals surface area contributed by atoms with E-state index in [0.29, 0.717) is 13.0 Å². The Morgan fingerprint density at radius 3 is 2.91 bits per heavy atom. The van der Waals surface area contributed by atoms with E-state index < -0.39 is 5.60 Å². The lowest BCUT2D eigenvalue weighted by atomic mass is 9.95. The molecule has 0 bridgehead atoms. The zero-order valence-corrected chi connectivity index (χ0v) is 7.40. The highest BCUT2D eigenvalue weighted by Gasteiger charge is 2.21. The van der Waals surface area contributed by atoms with Gasteiger partial charge in [-0.3, -0.25) is 0 Å². The summed E-state index contributed by atoms with van der Waals surface area (Å²) in [7, 11) is 0. The van der Waals surface area contributed by atoms with Gasteiger partial charge in [-0.05, 0) is 42.3 Å². The Labute approximate surface area is 70.7 Å². The summed E-state index contributed by atoms with van der Waals surface area (Å²) in [5.41, 5.74) is 5.59. The minimum atomic E-state index is -0.741. The number of nitrogens with two attached hydrogens (primary N) is 1. The maximum atomic E-state index is 9.80. The molecule has 0 radical (unpaired) electrons. The fraction of sp³-hybridized carbons (Fsp3) is 0.500. The Balaban J connectivity index is 2.73. The van der Waals surface area contributed by atoms with Crippen LogP contribution in [0.15, 0.2) is 16.8 Å². The first-order valence-corrected chi connectivity index (χ1v) is 4.56. The van der Waals surface area contributed by atoms with Crippen LogP contribution in [0.25, 0.3) is 0 Å². The van der Waals surface area contributed by atoms with Crippen LogP contribution < -0.4 is 5.73 Å². The molecule has 0 aliphatic heterocycles. The Bertz CT molecular complexity index is 206. The van der Waals surface area contributed by atoms with Crippen molar-refractivity contribution < 1.29 is 5.11 Å². The van der Waals surface area contributed by atoms with E-state index in [-0.39, 0.29) is 0 Å². The fourth-order valence-electron chi connectivity index (χ4n) is 0.996. The second kappa shape index (κ2) is 3.34. The van der Waals surface area contributed by atoms with Crippen LogP contribution in [0.4, 0.5) is 0 Å². The van der Waals surface area contributed by atoms with Gasteiger partial charge in [-0.1, -0.05) is 0 Å². The third kappa shape index (κ3) is 2.02. The van der Waals surface area contributed by atoms with Gasteiger partial charge in [0.2, 0.25) is 0 Å². The van der Waals surface area contributed by atoms with Crippen molar-refractivity contribution in [2.45, 2.75) is 18.9 Å². The van der Waals surface area contributed by atoms with Crippen molar-refractivity contribution in [3.63, 3.8) is 0 Å². The first kappa shape index (κ1) is 8.71. The molecule has 62 valence electrons. The van der Waals surface area contributed by atoms with Crippen molar-refractivity contribution in [2.75, 3.05) is 6.54 Å². The zero-order chi connectivity index (χ0) is 8.32. The van der Waals surface area contributed by atoms with Crippen LogP contribution in [0.5, 0.6) is 0 Å². The van der Waals surface area contributed by atoms with E-state index in [1.54, 1.807) is 18.3 Å². The molecule has 11 heavy (non-hydrogen) atoms. The van der Waals surface area contributed by atoms with Crippen molar-refractivity contribution in [2.24, 2.45) is 5.73 Å². The second-order valence-electron chi connectivity index (χ2n) is 2.82. The number of aliphatic hydroxyl groups is 1. The monoisotopic (exact) mass is 171 g/mol. The highest BCUT2D eigenvalue weighted by molar-refractivity contribution is 7.08. The van der Waals surface area contributed by atoms with E-state index >= 15 is 0 Å². The Kier molecular flexibility index (Phi) is 2.65. The first-order valence-electron chi connectivity index (χ1n) is 3.62. The number of thiophene rings is 1. The van der Waals surface area contributed by atoms with Gasteiger partial charge in [0.1, 0.15) is 0 Å². The average molecular weight is 171 g/mol. The van der Waals surface area contributed by atoms with E-state index in [0.717, 1.165) is 5.56 Å². The van der Waals surface area contributed by atoms with Crippen LogP contribution in [0, 0.1) is 0 Å². The molecule has 0 spiro atoms. The van der Waals surface area contributed by atoms with Crippen LogP contribution in [0.2, 0.25) is 0 Å². The molecule has 1 aromatic rings. The maximum absolute atomic E-state index is 9.80. The average Bonchev–Trinajstić information content (AvgIpc) is 2.37. The normalized spacial score (nSPS) is 16.3. The summed E-state index contributed by atoms with van der Waals surface area (Å²) in [5, 5.41) is 13.7. The minimum absolute atomic E-state index is 0.517. The van der Waals surface area contributed by atoms with Gasteiger partial charge in [0.25, 0.3) is 0 Å². The second-order valence-corrected chi connectivity index (χ2v) is 3.60. The predicted octanol–water partition coefficient (Wildman–Crippen LogP) is 1.30. The molecule has 3 N–H and O–H groups in total. The predicted molar refractivity (Wildman–Crippen MR) is 47.6 cm³/mol. The highest BCUT2D eigenvalue weighted by atomic mass is 32.1. The van der Waals surface area contributed by atoms with E-state index in [4.69, 9.17) is 5.73 Å². The molecule has 0 saturated heterocycles. The first-order chi connectivity index (χ1) is 5.17. The van der Waals surface area contributed by atoms with Crippen molar-refractivity contribution in [3.8, 4) is 0 Å². The molecule has 2 nitrogen and oxygen atoms in total. The lowest BCUT2D eigenvalue weighted by Crippen LogP contribution is -2.24. The maximum Gasteiger partial charge on any atom is 0.0888 e. The summed E-state index contributed by atoms with van der Waals surface area (Å²) in [6.45, 7) is 2.31. The van der Waals surface area contributed by atoms with E-state index in [2.05, 4.69) is 0 Å². The lowest BCUT2D eigenvalue weighted by Gasteiger charge is -2.20. The number of rotatable bonds is 3. The lowest BCUT2D eigenvalue weighted by molar-refractivity contribution is 0.0509. The third-order valence-electron chi connectivity index (χ3n) is 1.77.